The molecule has 1 aliphatic carbocycles. The normalized spacial score (nSPS) is 20.0. The monoisotopic (exact) mass is 333 g/mol. The van der Waals surface area contributed by atoms with E-state index in [2.05, 4.69) is 10.2 Å². The first kappa shape index (κ1) is 18.2. The molecule has 2 fully saturated rings. The molecule has 1 saturated heterocycles. The average Bonchev–Trinajstić information content (AvgIpc) is 3.25. The maximum Gasteiger partial charge on any atom is 0.274 e. The Morgan fingerprint density at radius 3 is 2.38 bits per heavy atom. The van der Waals surface area contributed by atoms with Crippen molar-refractivity contribution in [2.45, 2.75) is 18.9 Å². The fraction of sp³-hybridized carbons (Fsp3) is 0.571. The average molecular weight is 334 g/mol. The number of nitro benzene ring substituents is 1. The highest BCUT2D eigenvalue weighted by Crippen LogP contribution is 2.46. The maximum atomic E-state index is 11.2. The standard InChI is InChI=1S/C14H19N3O2.2ClH/c18-17(19)13-4-2-1-3-12(13)14(11-5-6-11)16-9-7-15-8-10-16;;/h1-4,11,14-15H,5-10H2;2*1H/t14-;;/m0../s1. The van der Waals surface area contributed by atoms with Gasteiger partial charge in [-0.15, -0.1) is 24.8 Å². The van der Waals surface area contributed by atoms with Crippen molar-refractivity contribution in [3.05, 3.63) is 39.9 Å². The summed E-state index contributed by atoms with van der Waals surface area (Å²) < 4.78 is 0. The first-order valence-corrected chi connectivity index (χ1v) is 6.95. The lowest BCUT2D eigenvalue weighted by atomic mass is 9.98. The predicted molar refractivity (Wildman–Crippen MR) is 87.5 cm³/mol. The van der Waals surface area contributed by atoms with Gasteiger partial charge in [0.05, 0.1) is 4.92 Å². The van der Waals surface area contributed by atoms with Gasteiger partial charge >= 0.3 is 0 Å². The largest absolute Gasteiger partial charge is 0.314 e. The Bertz CT molecular complexity index is 477. The number of nitro groups is 1. The van der Waals surface area contributed by atoms with Gasteiger partial charge in [-0.1, -0.05) is 18.2 Å². The zero-order chi connectivity index (χ0) is 13.2. The van der Waals surface area contributed by atoms with Crippen molar-refractivity contribution in [3.8, 4) is 0 Å². The van der Waals surface area contributed by atoms with Gasteiger partial charge in [0, 0.05) is 43.9 Å². The predicted octanol–water partition coefficient (Wildman–Crippen LogP) is 2.79. The van der Waals surface area contributed by atoms with E-state index in [1.807, 2.05) is 12.1 Å². The van der Waals surface area contributed by atoms with Gasteiger partial charge in [-0.05, 0) is 18.8 Å². The number of nitrogens with one attached hydrogen (secondary N) is 1. The molecule has 0 bridgehead atoms. The maximum absolute atomic E-state index is 11.2. The Hall–Kier alpha value is -0.880. The molecule has 1 N–H and O–H groups in total. The Balaban J connectivity index is 0.00000110. The highest BCUT2D eigenvalue weighted by molar-refractivity contribution is 5.85. The van der Waals surface area contributed by atoms with Gasteiger partial charge in [0.15, 0.2) is 0 Å². The minimum atomic E-state index is -0.243. The van der Waals surface area contributed by atoms with Crippen LogP contribution in [0.2, 0.25) is 0 Å². The number of nitrogens with zero attached hydrogens (tertiary/aromatic N) is 2. The van der Waals surface area contributed by atoms with Gasteiger partial charge in [-0.3, -0.25) is 15.0 Å². The van der Waals surface area contributed by atoms with Gasteiger partial charge in [0.2, 0.25) is 0 Å². The molecule has 7 heteroatoms. The molecule has 0 radical (unpaired) electrons. The van der Waals surface area contributed by atoms with Gasteiger partial charge < -0.3 is 5.32 Å². The van der Waals surface area contributed by atoms with Crippen LogP contribution in [0.1, 0.15) is 24.4 Å². The molecule has 0 spiro atoms. The van der Waals surface area contributed by atoms with Crippen LogP contribution in [-0.4, -0.2) is 36.0 Å². The van der Waals surface area contributed by atoms with Crippen LogP contribution < -0.4 is 5.32 Å². The SMILES string of the molecule is Cl.Cl.O=[N+]([O-])c1ccccc1[C@H](C1CC1)N1CCNCC1. The van der Waals surface area contributed by atoms with Crippen LogP contribution in [0.15, 0.2) is 24.3 Å². The molecule has 1 aromatic carbocycles. The topological polar surface area (TPSA) is 58.4 Å². The highest BCUT2D eigenvalue weighted by atomic mass is 35.5. The fourth-order valence-corrected chi connectivity index (χ4v) is 3.02. The molecule has 2 aliphatic rings. The van der Waals surface area contributed by atoms with Crippen LogP contribution in [-0.2, 0) is 0 Å². The molecule has 1 saturated carbocycles. The van der Waals surface area contributed by atoms with E-state index in [9.17, 15) is 10.1 Å². The summed E-state index contributed by atoms with van der Waals surface area (Å²) in [6, 6.07) is 7.46. The van der Waals surface area contributed by atoms with E-state index < -0.39 is 0 Å². The molecule has 3 rings (SSSR count). The Kier molecular flexibility index (Phi) is 6.87. The smallest absolute Gasteiger partial charge is 0.274 e. The third kappa shape index (κ3) is 4.07. The van der Waals surface area contributed by atoms with Crippen LogP contribution >= 0.6 is 24.8 Å². The molecule has 118 valence electrons. The quantitative estimate of drug-likeness (QED) is 0.679. The molecule has 1 atom stereocenters. The number of rotatable bonds is 4. The summed E-state index contributed by atoms with van der Waals surface area (Å²) in [6.45, 7) is 3.91. The molecular weight excluding hydrogens is 313 g/mol. The summed E-state index contributed by atoms with van der Waals surface area (Å²) in [4.78, 5) is 13.4. The Morgan fingerprint density at radius 1 is 1.19 bits per heavy atom. The van der Waals surface area contributed by atoms with E-state index in [1.54, 1.807) is 12.1 Å². The van der Waals surface area contributed by atoms with Crippen molar-refractivity contribution >= 4 is 30.5 Å². The summed E-state index contributed by atoms with van der Waals surface area (Å²) in [7, 11) is 0. The van der Waals surface area contributed by atoms with E-state index in [4.69, 9.17) is 0 Å². The molecule has 21 heavy (non-hydrogen) atoms. The first-order chi connectivity index (χ1) is 9.27. The molecule has 1 aliphatic heterocycles. The van der Waals surface area contributed by atoms with Crippen LogP contribution in [0, 0.1) is 16.0 Å². The van der Waals surface area contributed by atoms with Gasteiger partial charge in [-0.2, -0.15) is 0 Å². The first-order valence-electron chi connectivity index (χ1n) is 6.95. The second kappa shape index (κ2) is 7.94. The van der Waals surface area contributed by atoms with Crippen LogP contribution in [0.3, 0.4) is 0 Å². The zero-order valence-corrected chi connectivity index (χ0v) is 13.4. The minimum absolute atomic E-state index is 0. The van der Waals surface area contributed by atoms with Crippen molar-refractivity contribution in [2.24, 2.45) is 5.92 Å². The van der Waals surface area contributed by atoms with Crippen LogP contribution in [0.5, 0.6) is 0 Å². The van der Waals surface area contributed by atoms with E-state index in [-0.39, 0.29) is 41.5 Å². The number of hydrogen-bond donors (Lipinski definition) is 1. The van der Waals surface area contributed by atoms with Gasteiger partial charge in [-0.25, -0.2) is 0 Å². The molecule has 0 aromatic heterocycles. The lowest BCUT2D eigenvalue weighted by Crippen LogP contribution is -2.45. The lowest BCUT2D eigenvalue weighted by Gasteiger charge is -2.35. The molecule has 0 amide bonds. The number of para-hydroxylation sites is 1. The summed E-state index contributed by atoms with van der Waals surface area (Å²) in [6.07, 6.45) is 2.39. The second-order valence-corrected chi connectivity index (χ2v) is 5.38. The van der Waals surface area contributed by atoms with Crippen molar-refractivity contribution in [1.29, 1.82) is 0 Å². The van der Waals surface area contributed by atoms with Crippen molar-refractivity contribution in [3.63, 3.8) is 0 Å². The number of piperazine rings is 1. The minimum Gasteiger partial charge on any atom is -0.314 e. The van der Waals surface area contributed by atoms with Gasteiger partial charge in [0.1, 0.15) is 0 Å². The summed E-state index contributed by atoms with van der Waals surface area (Å²) in [5, 5.41) is 14.6. The number of benzene rings is 1. The van der Waals surface area contributed by atoms with Crippen molar-refractivity contribution in [2.75, 3.05) is 26.2 Å². The molecular formula is C14H21Cl2N3O2. The van der Waals surface area contributed by atoms with E-state index >= 15 is 0 Å². The number of hydrogen-bond acceptors (Lipinski definition) is 4. The lowest BCUT2D eigenvalue weighted by molar-refractivity contribution is -0.386. The van der Waals surface area contributed by atoms with E-state index in [0.29, 0.717) is 5.92 Å². The van der Waals surface area contributed by atoms with Crippen molar-refractivity contribution < 1.29 is 4.92 Å². The molecule has 5 nitrogen and oxygen atoms in total. The number of halogens is 2. The Morgan fingerprint density at radius 2 is 1.81 bits per heavy atom. The summed E-state index contributed by atoms with van der Waals surface area (Å²) >= 11 is 0. The van der Waals surface area contributed by atoms with E-state index in [1.165, 1.54) is 12.8 Å². The summed E-state index contributed by atoms with van der Waals surface area (Å²) in [5.41, 5.74) is 1.18. The highest BCUT2D eigenvalue weighted by Gasteiger charge is 2.39. The fourth-order valence-electron chi connectivity index (χ4n) is 3.02. The Labute approximate surface area is 137 Å². The van der Waals surface area contributed by atoms with Crippen molar-refractivity contribution in [1.82, 2.24) is 10.2 Å². The van der Waals surface area contributed by atoms with Crippen LogP contribution in [0.25, 0.3) is 0 Å². The third-order valence-corrected chi connectivity index (χ3v) is 4.07. The third-order valence-electron chi connectivity index (χ3n) is 4.07. The van der Waals surface area contributed by atoms with Gasteiger partial charge in [0.25, 0.3) is 5.69 Å². The summed E-state index contributed by atoms with van der Waals surface area (Å²) in [5.74, 6) is 0.596. The molecule has 1 aromatic rings. The molecule has 1 heterocycles. The van der Waals surface area contributed by atoms with E-state index in [0.717, 1.165) is 31.7 Å². The zero-order valence-electron chi connectivity index (χ0n) is 11.7. The molecule has 0 unspecified atom stereocenters. The second-order valence-electron chi connectivity index (χ2n) is 5.38. The van der Waals surface area contributed by atoms with Crippen LogP contribution in [0.4, 0.5) is 5.69 Å².